The maximum atomic E-state index is 14.6. The molecule has 158 valence electrons. The van der Waals surface area contributed by atoms with Crippen LogP contribution < -0.4 is 10.1 Å². The molecule has 8 heteroatoms. The van der Waals surface area contributed by atoms with Crippen molar-refractivity contribution in [3.63, 3.8) is 0 Å². The number of benzene rings is 2. The standard InChI is InChI=1S/C22H25FN4O3/c1-13(2)21-11-24-26-27(21)17-8-16(19-6-5-14(3)7-20(19)23)9-18(10-17)30-22(29)25-15(4)12-28/h5-11,13,15,28H,12H2,1-4H3,(H,25,29)/t15-/m0/s1. The van der Waals surface area contributed by atoms with Crippen LogP contribution in [0.15, 0.2) is 42.6 Å². The molecule has 3 rings (SSSR count). The number of hydrogen-bond donors (Lipinski definition) is 2. The number of aliphatic hydroxyl groups is 1. The zero-order valence-electron chi connectivity index (χ0n) is 17.4. The molecule has 0 fully saturated rings. The first kappa shape index (κ1) is 21.4. The Morgan fingerprint density at radius 3 is 2.67 bits per heavy atom. The third kappa shape index (κ3) is 4.83. The number of aryl methyl sites for hydroxylation is 1. The predicted octanol–water partition coefficient (Wildman–Crippen LogP) is 3.97. The molecule has 0 aliphatic rings. The minimum Gasteiger partial charge on any atom is -0.410 e. The molecule has 1 aromatic heterocycles. The van der Waals surface area contributed by atoms with Gasteiger partial charge in [0.25, 0.3) is 0 Å². The highest BCUT2D eigenvalue weighted by atomic mass is 19.1. The third-order valence-electron chi connectivity index (χ3n) is 4.59. The number of halogens is 1. The molecule has 0 bridgehead atoms. The Labute approximate surface area is 174 Å². The van der Waals surface area contributed by atoms with Crippen LogP contribution in [0.5, 0.6) is 5.75 Å². The SMILES string of the molecule is Cc1ccc(-c2cc(OC(=O)N[C@@H](C)CO)cc(-n3nncc3C(C)C)c2)c(F)c1. The zero-order valence-corrected chi connectivity index (χ0v) is 17.4. The lowest BCUT2D eigenvalue weighted by Gasteiger charge is -2.15. The summed E-state index contributed by atoms with van der Waals surface area (Å²) in [7, 11) is 0. The lowest BCUT2D eigenvalue weighted by Crippen LogP contribution is -2.37. The van der Waals surface area contributed by atoms with Gasteiger partial charge in [-0.1, -0.05) is 31.2 Å². The number of nitrogens with zero attached hydrogens (tertiary/aromatic N) is 3. The summed E-state index contributed by atoms with van der Waals surface area (Å²) >= 11 is 0. The van der Waals surface area contributed by atoms with Crippen molar-refractivity contribution in [2.45, 2.75) is 39.7 Å². The molecule has 30 heavy (non-hydrogen) atoms. The quantitative estimate of drug-likeness (QED) is 0.639. The third-order valence-corrected chi connectivity index (χ3v) is 4.59. The van der Waals surface area contributed by atoms with Crippen molar-refractivity contribution in [3.8, 4) is 22.6 Å². The van der Waals surface area contributed by atoms with E-state index < -0.39 is 12.1 Å². The highest BCUT2D eigenvalue weighted by Crippen LogP contribution is 2.31. The van der Waals surface area contributed by atoms with Crippen LogP contribution in [0, 0.1) is 12.7 Å². The molecule has 0 aliphatic carbocycles. The topological polar surface area (TPSA) is 89.3 Å². The number of nitrogens with one attached hydrogen (secondary N) is 1. The van der Waals surface area contributed by atoms with Crippen molar-refractivity contribution < 1.29 is 19.0 Å². The van der Waals surface area contributed by atoms with Gasteiger partial charge in [-0.05, 0) is 49.1 Å². The van der Waals surface area contributed by atoms with Gasteiger partial charge in [0.05, 0.1) is 30.2 Å². The molecule has 0 unspecified atom stereocenters. The van der Waals surface area contributed by atoms with Gasteiger partial charge in [0.2, 0.25) is 0 Å². The number of aliphatic hydroxyl groups excluding tert-OH is 1. The summed E-state index contributed by atoms with van der Waals surface area (Å²) in [5.74, 6) is -0.00714. The Kier molecular flexibility index (Phi) is 6.47. The second-order valence-corrected chi connectivity index (χ2v) is 7.54. The molecule has 0 radical (unpaired) electrons. The fourth-order valence-electron chi connectivity index (χ4n) is 2.99. The Bertz CT molecular complexity index is 1050. The highest BCUT2D eigenvalue weighted by Gasteiger charge is 2.16. The molecular weight excluding hydrogens is 387 g/mol. The second-order valence-electron chi connectivity index (χ2n) is 7.54. The van der Waals surface area contributed by atoms with E-state index >= 15 is 0 Å². The van der Waals surface area contributed by atoms with Crippen LogP contribution in [0.4, 0.5) is 9.18 Å². The summed E-state index contributed by atoms with van der Waals surface area (Å²) in [6, 6.07) is 9.49. The van der Waals surface area contributed by atoms with E-state index in [4.69, 9.17) is 9.84 Å². The first-order valence-electron chi connectivity index (χ1n) is 9.70. The van der Waals surface area contributed by atoms with Crippen LogP contribution in [0.2, 0.25) is 0 Å². The van der Waals surface area contributed by atoms with Crippen molar-refractivity contribution in [1.82, 2.24) is 20.3 Å². The predicted molar refractivity (Wildman–Crippen MR) is 111 cm³/mol. The van der Waals surface area contributed by atoms with Gasteiger partial charge in [0.1, 0.15) is 11.6 Å². The summed E-state index contributed by atoms with van der Waals surface area (Å²) in [5.41, 5.74) is 3.17. The van der Waals surface area contributed by atoms with Crippen LogP contribution in [0.25, 0.3) is 16.8 Å². The molecule has 1 heterocycles. The Morgan fingerprint density at radius 1 is 1.23 bits per heavy atom. The number of carbonyl (C=O) groups is 1. The van der Waals surface area contributed by atoms with Gasteiger partial charge < -0.3 is 15.2 Å². The van der Waals surface area contributed by atoms with Gasteiger partial charge in [-0.25, -0.2) is 13.9 Å². The average molecular weight is 412 g/mol. The van der Waals surface area contributed by atoms with Crippen LogP contribution in [-0.4, -0.2) is 38.8 Å². The first-order chi connectivity index (χ1) is 14.3. The van der Waals surface area contributed by atoms with Crippen LogP contribution in [0.3, 0.4) is 0 Å². The minimum absolute atomic E-state index is 0.151. The van der Waals surface area contributed by atoms with Crippen LogP contribution >= 0.6 is 0 Å². The number of aromatic nitrogens is 3. The molecule has 0 saturated carbocycles. The minimum atomic E-state index is -0.716. The van der Waals surface area contributed by atoms with Gasteiger partial charge in [-0.3, -0.25) is 0 Å². The van der Waals surface area contributed by atoms with E-state index in [0.717, 1.165) is 11.3 Å². The molecule has 2 N–H and O–H groups in total. The Balaban J connectivity index is 2.08. The lowest BCUT2D eigenvalue weighted by atomic mass is 10.0. The largest absolute Gasteiger partial charge is 0.412 e. The van der Waals surface area contributed by atoms with Gasteiger partial charge in [0.15, 0.2) is 0 Å². The normalized spacial score (nSPS) is 12.1. The molecule has 7 nitrogen and oxygen atoms in total. The van der Waals surface area contributed by atoms with Crippen molar-refractivity contribution in [1.29, 1.82) is 0 Å². The molecule has 1 atom stereocenters. The molecular formula is C22H25FN4O3. The number of hydrogen-bond acceptors (Lipinski definition) is 5. The van der Waals surface area contributed by atoms with E-state index in [0.29, 0.717) is 16.8 Å². The maximum Gasteiger partial charge on any atom is 0.412 e. The van der Waals surface area contributed by atoms with E-state index in [1.807, 2.05) is 26.8 Å². The van der Waals surface area contributed by atoms with Crippen molar-refractivity contribution in [2.75, 3.05) is 6.61 Å². The summed E-state index contributed by atoms with van der Waals surface area (Å²) in [5, 5.41) is 19.8. The fraction of sp³-hybridized carbons (Fsp3) is 0.318. The van der Waals surface area contributed by atoms with E-state index in [-0.39, 0.29) is 24.1 Å². The molecule has 0 aliphatic heterocycles. The Hall–Kier alpha value is -3.26. The van der Waals surface area contributed by atoms with Crippen LogP contribution in [0.1, 0.15) is 37.9 Å². The van der Waals surface area contributed by atoms with Crippen molar-refractivity contribution >= 4 is 6.09 Å². The van der Waals surface area contributed by atoms with Crippen molar-refractivity contribution in [2.24, 2.45) is 0 Å². The maximum absolute atomic E-state index is 14.6. The van der Waals surface area contributed by atoms with E-state index in [1.54, 1.807) is 42.1 Å². The molecule has 1 amide bonds. The summed E-state index contributed by atoms with van der Waals surface area (Å²) in [6.45, 7) is 7.27. The fourth-order valence-corrected chi connectivity index (χ4v) is 2.99. The van der Waals surface area contributed by atoms with Crippen molar-refractivity contribution in [3.05, 3.63) is 59.7 Å². The number of carbonyl (C=O) groups excluding carboxylic acids is 1. The average Bonchev–Trinajstić information content (AvgIpc) is 3.17. The van der Waals surface area contributed by atoms with E-state index in [2.05, 4.69) is 15.6 Å². The summed E-state index contributed by atoms with van der Waals surface area (Å²) < 4.78 is 21.7. The summed E-state index contributed by atoms with van der Waals surface area (Å²) in [4.78, 5) is 12.2. The van der Waals surface area contributed by atoms with Gasteiger partial charge in [0, 0.05) is 11.6 Å². The number of rotatable bonds is 6. The van der Waals surface area contributed by atoms with Gasteiger partial charge >= 0.3 is 6.09 Å². The second kappa shape index (κ2) is 9.04. The first-order valence-corrected chi connectivity index (χ1v) is 9.70. The van der Waals surface area contributed by atoms with E-state index in [9.17, 15) is 9.18 Å². The Morgan fingerprint density at radius 2 is 2.00 bits per heavy atom. The smallest absolute Gasteiger partial charge is 0.410 e. The molecule has 2 aromatic carbocycles. The lowest BCUT2D eigenvalue weighted by molar-refractivity contribution is 0.186. The monoisotopic (exact) mass is 412 g/mol. The highest BCUT2D eigenvalue weighted by molar-refractivity contribution is 5.74. The van der Waals surface area contributed by atoms with Gasteiger partial charge in [-0.2, -0.15) is 0 Å². The number of ether oxygens (including phenoxy) is 1. The zero-order chi connectivity index (χ0) is 21.8. The molecule has 3 aromatic rings. The molecule has 0 saturated heterocycles. The van der Waals surface area contributed by atoms with Gasteiger partial charge in [-0.15, -0.1) is 5.10 Å². The van der Waals surface area contributed by atoms with Crippen LogP contribution in [-0.2, 0) is 0 Å². The van der Waals surface area contributed by atoms with E-state index in [1.165, 1.54) is 6.07 Å². The summed E-state index contributed by atoms with van der Waals surface area (Å²) in [6.07, 6.45) is 0.951. The molecule has 0 spiro atoms. The number of amides is 1.